The number of hydrogen-bond donors (Lipinski definition) is 2. The lowest BCUT2D eigenvalue weighted by Crippen LogP contribution is -2.15. The van der Waals surface area contributed by atoms with Gasteiger partial charge in [-0.15, -0.1) is 0 Å². The van der Waals surface area contributed by atoms with Gasteiger partial charge in [0.2, 0.25) is 5.95 Å². The molecule has 0 radical (unpaired) electrons. The van der Waals surface area contributed by atoms with Gasteiger partial charge in [-0.3, -0.25) is 4.79 Å². The molecule has 1 amide bonds. The number of aromatic nitrogens is 2. The molecule has 9 heteroatoms. The van der Waals surface area contributed by atoms with E-state index in [0.29, 0.717) is 15.7 Å². The molecule has 0 aliphatic heterocycles. The van der Waals surface area contributed by atoms with Crippen molar-refractivity contribution in [3.8, 4) is 0 Å². The molecule has 3 aromatic rings. The molecule has 0 unspecified atom stereocenters. The number of hydrogen-bond acceptors (Lipinski definition) is 4. The maximum Gasteiger partial charge on any atom is 0.274 e. The third kappa shape index (κ3) is 4.44. The van der Waals surface area contributed by atoms with Gasteiger partial charge < -0.3 is 10.6 Å². The standard InChI is InChI=1S/C17H10Cl2F2N4O/c18-9-5-10(19)7-12(6-9)24-17-22-4-3-15(25-17)16(26)23-11-1-2-13(20)14(21)8-11/h1-8H,(H,23,26)(H,22,24,25). The maximum atomic E-state index is 13.2. The largest absolute Gasteiger partial charge is 0.324 e. The molecule has 0 bridgehead atoms. The van der Waals surface area contributed by atoms with Gasteiger partial charge in [-0.05, 0) is 36.4 Å². The molecule has 132 valence electrons. The van der Waals surface area contributed by atoms with Crippen molar-refractivity contribution in [1.29, 1.82) is 0 Å². The fourth-order valence-corrected chi connectivity index (χ4v) is 2.60. The summed E-state index contributed by atoms with van der Waals surface area (Å²) >= 11 is 11.9. The molecule has 3 rings (SSSR count). The molecule has 2 aromatic carbocycles. The summed E-state index contributed by atoms with van der Waals surface area (Å²) in [5.74, 6) is -2.53. The fraction of sp³-hybridized carbons (Fsp3) is 0. The van der Waals surface area contributed by atoms with E-state index in [9.17, 15) is 13.6 Å². The van der Waals surface area contributed by atoms with E-state index in [-0.39, 0.29) is 17.3 Å². The highest BCUT2D eigenvalue weighted by Crippen LogP contribution is 2.24. The van der Waals surface area contributed by atoms with Gasteiger partial charge in [-0.2, -0.15) is 0 Å². The average Bonchev–Trinajstić information content (AvgIpc) is 2.57. The Kier molecular flexibility index (Phi) is 5.29. The van der Waals surface area contributed by atoms with Gasteiger partial charge in [0.15, 0.2) is 11.6 Å². The summed E-state index contributed by atoms with van der Waals surface area (Å²) in [5, 5.41) is 6.16. The molecule has 0 fully saturated rings. The van der Waals surface area contributed by atoms with Crippen molar-refractivity contribution in [3.05, 3.63) is 76.0 Å². The first-order chi connectivity index (χ1) is 12.4. The fourth-order valence-electron chi connectivity index (χ4n) is 2.07. The monoisotopic (exact) mass is 394 g/mol. The second-order valence-electron chi connectivity index (χ2n) is 5.13. The van der Waals surface area contributed by atoms with Gasteiger partial charge in [0.1, 0.15) is 5.69 Å². The minimum Gasteiger partial charge on any atom is -0.324 e. The van der Waals surface area contributed by atoms with Crippen LogP contribution in [0.2, 0.25) is 10.0 Å². The van der Waals surface area contributed by atoms with E-state index in [2.05, 4.69) is 20.6 Å². The highest BCUT2D eigenvalue weighted by Gasteiger charge is 2.11. The third-order valence-electron chi connectivity index (χ3n) is 3.18. The molecule has 0 saturated carbocycles. The molecule has 0 aliphatic rings. The second-order valence-corrected chi connectivity index (χ2v) is 6.00. The molecule has 0 saturated heterocycles. The number of amides is 1. The van der Waals surface area contributed by atoms with Gasteiger partial charge in [-0.25, -0.2) is 18.7 Å². The Hall–Kier alpha value is -2.77. The second kappa shape index (κ2) is 7.63. The summed E-state index contributed by atoms with van der Waals surface area (Å²) in [4.78, 5) is 20.3. The lowest BCUT2D eigenvalue weighted by atomic mass is 10.3. The van der Waals surface area contributed by atoms with Crippen LogP contribution in [0.3, 0.4) is 0 Å². The molecule has 2 N–H and O–H groups in total. The van der Waals surface area contributed by atoms with E-state index in [1.165, 1.54) is 18.3 Å². The topological polar surface area (TPSA) is 66.9 Å². The van der Waals surface area contributed by atoms with Gasteiger partial charge in [0, 0.05) is 33.7 Å². The number of rotatable bonds is 4. The number of nitrogens with zero attached hydrogens (tertiary/aromatic N) is 2. The Morgan fingerprint density at radius 1 is 0.923 bits per heavy atom. The summed E-state index contributed by atoms with van der Waals surface area (Å²) in [7, 11) is 0. The first kappa shape index (κ1) is 18.0. The Bertz CT molecular complexity index is 964. The average molecular weight is 395 g/mol. The van der Waals surface area contributed by atoms with Crippen LogP contribution in [0.4, 0.5) is 26.1 Å². The van der Waals surface area contributed by atoms with Crippen LogP contribution in [0.5, 0.6) is 0 Å². The van der Waals surface area contributed by atoms with Crippen molar-refractivity contribution in [3.63, 3.8) is 0 Å². The zero-order chi connectivity index (χ0) is 18.7. The van der Waals surface area contributed by atoms with Gasteiger partial charge in [-0.1, -0.05) is 23.2 Å². The summed E-state index contributed by atoms with van der Waals surface area (Å²) in [6.07, 6.45) is 1.38. The lowest BCUT2D eigenvalue weighted by Gasteiger charge is -2.08. The number of benzene rings is 2. The summed E-state index contributed by atoms with van der Waals surface area (Å²) < 4.78 is 26.2. The van der Waals surface area contributed by atoms with Crippen LogP contribution in [0.15, 0.2) is 48.7 Å². The van der Waals surface area contributed by atoms with Crippen molar-refractivity contribution in [2.45, 2.75) is 0 Å². The minimum absolute atomic E-state index is 0.0281. The number of halogens is 4. The first-order valence-electron chi connectivity index (χ1n) is 7.23. The van der Waals surface area contributed by atoms with Crippen LogP contribution in [0.25, 0.3) is 0 Å². The first-order valence-corrected chi connectivity index (χ1v) is 7.99. The molecular formula is C17H10Cl2F2N4O. The molecule has 26 heavy (non-hydrogen) atoms. The van der Waals surface area contributed by atoms with Crippen LogP contribution >= 0.6 is 23.2 Å². The van der Waals surface area contributed by atoms with Crippen LogP contribution in [0, 0.1) is 11.6 Å². The van der Waals surface area contributed by atoms with Crippen molar-refractivity contribution in [2.24, 2.45) is 0 Å². The van der Waals surface area contributed by atoms with Crippen molar-refractivity contribution < 1.29 is 13.6 Å². The SMILES string of the molecule is O=C(Nc1ccc(F)c(F)c1)c1ccnc(Nc2cc(Cl)cc(Cl)c2)n1. The maximum absolute atomic E-state index is 13.2. The molecular weight excluding hydrogens is 385 g/mol. The molecule has 1 aromatic heterocycles. The minimum atomic E-state index is -1.06. The van der Waals surface area contributed by atoms with E-state index in [1.54, 1.807) is 18.2 Å². The Labute approximate surface area is 157 Å². The molecule has 0 spiro atoms. The highest BCUT2D eigenvalue weighted by atomic mass is 35.5. The van der Waals surface area contributed by atoms with Gasteiger partial charge in [0.05, 0.1) is 0 Å². The Morgan fingerprint density at radius 2 is 1.65 bits per heavy atom. The lowest BCUT2D eigenvalue weighted by molar-refractivity contribution is 0.102. The smallest absolute Gasteiger partial charge is 0.274 e. The van der Waals surface area contributed by atoms with E-state index >= 15 is 0 Å². The Balaban J connectivity index is 1.77. The zero-order valence-electron chi connectivity index (χ0n) is 12.9. The van der Waals surface area contributed by atoms with Gasteiger partial charge in [0.25, 0.3) is 5.91 Å². The van der Waals surface area contributed by atoms with E-state index in [0.717, 1.165) is 12.1 Å². The van der Waals surface area contributed by atoms with Crippen LogP contribution < -0.4 is 10.6 Å². The predicted octanol–water partition coefficient (Wildman–Crippen LogP) is 5.06. The Morgan fingerprint density at radius 3 is 2.35 bits per heavy atom. The predicted molar refractivity (Wildman–Crippen MR) is 96.1 cm³/mol. The molecule has 0 atom stereocenters. The van der Waals surface area contributed by atoms with E-state index in [1.807, 2.05) is 0 Å². The summed E-state index contributed by atoms with van der Waals surface area (Å²) in [5.41, 5.74) is 0.671. The van der Waals surface area contributed by atoms with Crippen LogP contribution in [-0.2, 0) is 0 Å². The van der Waals surface area contributed by atoms with Gasteiger partial charge >= 0.3 is 0 Å². The number of carbonyl (C=O) groups is 1. The van der Waals surface area contributed by atoms with Crippen molar-refractivity contribution in [2.75, 3.05) is 10.6 Å². The van der Waals surface area contributed by atoms with Crippen molar-refractivity contribution >= 4 is 46.4 Å². The molecule has 5 nitrogen and oxygen atoms in total. The van der Waals surface area contributed by atoms with E-state index in [4.69, 9.17) is 23.2 Å². The summed E-state index contributed by atoms with van der Waals surface area (Å²) in [6.45, 7) is 0. The van der Waals surface area contributed by atoms with E-state index < -0.39 is 17.5 Å². The zero-order valence-corrected chi connectivity index (χ0v) is 14.4. The quantitative estimate of drug-likeness (QED) is 0.648. The molecule has 1 heterocycles. The van der Waals surface area contributed by atoms with Crippen LogP contribution in [-0.4, -0.2) is 15.9 Å². The highest BCUT2D eigenvalue weighted by molar-refractivity contribution is 6.35. The summed E-state index contributed by atoms with van der Waals surface area (Å²) in [6, 6.07) is 9.22. The normalized spacial score (nSPS) is 10.5. The molecule has 0 aliphatic carbocycles. The number of nitrogens with one attached hydrogen (secondary N) is 2. The van der Waals surface area contributed by atoms with Crippen molar-refractivity contribution in [1.82, 2.24) is 9.97 Å². The third-order valence-corrected chi connectivity index (χ3v) is 3.62. The van der Waals surface area contributed by atoms with Crippen LogP contribution in [0.1, 0.15) is 10.5 Å². The number of carbonyl (C=O) groups excluding carboxylic acids is 1. The number of anilines is 3.